The minimum atomic E-state index is -0.517. The van der Waals surface area contributed by atoms with Gasteiger partial charge in [-0.05, 0) is 24.3 Å². The Bertz CT molecular complexity index is 818. The number of ketones is 1. The largest absolute Gasteiger partial charge is 0.506 e. The molecule has 124 valence electrons. The van der Waals surface area contributed by atoms with E-state index in [0.29, 0.717) is 23.8 Å². The number of carbonyl (C=O) groups excluding carboxylic acids is 2. The van der Waals surface area contributed by atoms with Crippen LogP contribution in [0.4, 0.5) is 0 Å². The monoisotopic (exact) mass is 365 g/mol. The number of hydrogen-bond acceptors (Lipinski definition) is 4. The van der Waals surface area contributed by atoms with Gasteiger partial charge in [-0.2, -0.15) is 0 Å². The van der Waals surface area contributed by atoms with Gasteiger partial charge in [0, 0.05) is 11.1 Å². The minimum Gasteiger partial charge on any atom is -0.506 e. The van der Waals surface area contributed by atoms with E-state index in [-0.39, 0.29) is 33.7 Å². The van der Waals surface area contributed by atoms with E-state index in [2.05, 4.69) is 5.32 Å². The molecule has 1 amide bonds. The zero-order chi connectivity index (χ0) is 17.3. The van der Waals surface area contributed by atoms with Gasteiger partial charge in [0.2, 0.25) is 0 Å². The van der Waals surface area contributed by atoms with Crippen molar-refractivity contribution in [1.29, 1.82) is 0 Å². The van der Waals surface area contributed by atoms with Gasteiger partial charge in [-0.3, -0.25) is 9.59 Å². The smallest absolute Gasteiger partial charge is 0.255 e. The molecule has 5 nitrogen and oxygen atoms in total. The lowest BCUT2D eigenvalue weighted by Crippen LogP contribution is -2.48. The summed E-state index contributed by atoms with van der Waals surface area (Å²) in [4.78, 5) is 24.9. The average Bonchev–Trinajstić information content (AvgIpc) is 2.53. The first-order valence-electron chi connectivity index (χ1n) is 7.17. The highest BCUT2D eigenvalue weighted by Crippen LogP contribution is 2.31. The number of nitrogens with one attached hydrogen (secondary N) is 1. The molecule has 0 aromatic heterocycles. The molecule has 0 aliphatic carbocycles. The van der Waals surface area contributed by atoms with Crippen LogP contribution in [0.25, 0.3) is 0 Å². The molecule has 1 heterocycles. The summed E-state index contributed by atoms with van der Waals surface area (Å²) in [6.07, 6.45) is 0. The molecule has 3 rings (SSSR count). The van der Waals surface area contributed by atoms with Crippen LogP contribution < -0.4 is 5.32 Å². The number of carbonyl (C=O) groups is 2. The maximum atomic E-state index is 12.6. The van der Waals surface area contributed by atoms with Crippen molar-refractivity contribution >= 4 is 34.9 Å². The Morgan fingerprint density at radius 1 is 1.08 bits per heavy atom. The quantitative estimate of drug-likeness (QED) is 0.816. The van der Waals surface area contributed by atoms with Gasteiger partial charge in [-0.25, -0.2) is 0 Å². The second-order valence-electron chi connectivity index (χ2n) is 5.37. The molecule has 2 aromatic rings. The molecule has 0 radical (unpaired) electrons. The number of rotatable bonds is 4. The Morgan fingerprint density at radius 3 is 2.42 bits per heavy atom. The summed E-state index contributed by atoms with van der Waals surface area (Å²) >= 11 is 12.0. The highest BCUT2D eigenvalue weighted by Gasteiger charge is 2.25. The van der Waals surface area contributed by atoms with Crippen molar-refractivity contribution in [2.75, 3.05) is 13.2 Å². The zero-order valence-electron chi connectivity index (χ0n) is 12.4. The van der Waals surface area contributed by atoms with Crippen LogP contribution in [0, 0.1) is 0 Å². The van der Waals surface area contributed by atoms with Crippen molar-refractivity contribution in [2.24, 2.45) is 0 Å². The van der Waals surface area contributed by atoms with Crippen molar-refractivity contribution < 1.29 is 19.4 Å². The van der Waals surface area contributed by atoms with Gasteiger partial charge < -0.3 is 15.2 Å². The molecule has 1 aliphatic rings. The van der Waals surface area contributed by atoms with Gasteiger partial charge >= 0.3 is 0 Å². The van der Waals surface area contributed by atoms with Crippen LogP contribution in [-0.2, 0) is 4.74 Å². The van der Waals surface area contributed by atoms with E-state index in [1.54, 1.807) is 24.3 Å². The topological polar surface area (TPSA) is 75.6 Å². The molecule has 0 spiro atoms. The maximum absolute atomic E-state index is 12.6. The normalized spacial score (nSPS) is 14.1. The average molecular weight is 366 g/mol. The number of hydrogen-bond donors (Lipinski definition) is 2. The molecule has 0 saturated carbocycles. The van der Waals surface area contributed by atoms with Crippen molar-refractivity contribution in [3.63, 3.8) is 0 Å². The summed E-state index contributed by atoms with van der Waals surface area (Å²) in [6, 6.07) is 9.08. The van der Waals surface area contributed by atoms with E-state index in [4.69, 9.17) is 27.9 Å². The third-order valence-corrected chi connectivity index (χ3v) is 4.28. The molecular formula is C17H13Cl2NO4. The van der Waals surface area contributed by atoms with Crippen LogP contribution in [0.5, 0.6) is 5.75 Å². The number of aromatic hydroxyl groups is 1. The number of halogens is 2. The van der Waals surface area contributed by atoms with Crippen LogP contribution in [0.1, 0.15) is 26.3 Å². The molecule has 7 heteroatoms. The van der Waals surface area contributed by atoms with Crippen LogP contribution in [0.3, 0.4) is 0 Å². The van der Waals surface area contributed by atoms with Crippen LogP contribution in [0.2, 0.25) is 10.0 Å². The minimum absolute atomic E-state index is 0.0650. The fourth-order valence-corrected chi connectivity index (χ4v) is 2.73. The van der Waals surface area contributed by atoms with E-state index < -0.39 is 5.91 Å². The summed E-state index contributed by atoms with van der Waals surface area (Å²) in [6.45, 7) is 0.830. The van der Waals surface area contributed by atoms with Crippen molar-refractivity contribution in [3.8, 4) is 5.75 Å². The third kappa shape index (κ3) is 3.24. The Labute approximate surface area is 148 Å². The second-order valence-corrected chi connectivity index (χ2v) is 6.19. The van der Waals surface area contributed by atoms with E-state index in [0.717, 1.165) is 0 Å². The first kappa shape index (κ1) is 16.8. The predicted molar refractivity (Wildman–Crippen MR) is 90.1 cm³/mol. The first-order chi connectivity index (χ1) is 11.5. The lowest BCUT2D eigenvalue weighted by atomic mass is 10.00. The number of amides is 1. The molecule has 24 heavy (non-hydrogen) atoms. The zero-order valence-corrected chi connectivity index (χ0v) is 13.9. The van der Waals surface area contributed by atoms with E-state index in [1.807, 2.05) is 0 Å². The van der Waals surface area contributed by atoms with Crippen LogP contribution >= 0.6 is 23.2 Å². The highest BCUT2D eigenvalue weighted by molar-refractivity contribution is 6.36. The van der Waals surface area contributed by atoms with Crippen molar-refractivity contribution in [2.45, 2.75) is 6.04 Å². The molecule has 1 fully saturated rings. The maximum Gasteiger partial charge on any atom is 0.255 e. The van der Waals surface area contributed by atoms with Crippen molar-refractivity contribution in [3.05, 3.63) is 63.1 Å². The third-order valence-electron chi connectivity index (χ3n) is 3.66. The van der Waals surface area contributed by atoms with E-state index in [1.165, 1.54) is 12.1 Å². The predicted octanol–water partition coefficient (Wildman–Crippen LogP) is 3.06. The Kier molecular flexibility index (Phi) is 4.76. The molecule has 0 bridgehead atoms. The van der Waals surface area contributed by atoms with Gasteiger partial charge in [-0.15, -0.1) is 0 Å². The number of phenolic OH excluding ortho intramolecular Hbond substituents is 1. The Morgan fingerprint density at radius 2 is 1.79 bits per heavy atom. The first-order valence-corrected chi connectivity index (χ1v) is 7.93. The Balaban J connectivity index is 1.96. The lowest BCUT2D eigenvalue weighted by Gasteiger charge is -2.27. The molecule has 1 aliphatic heterocycles. The molecule has 0 unspecified atom stereocenters. The number of phenols is 1. The fourth-order valence-electron chi connectivity index (χ4n) is 2.29. The summed E-state index contributed by atoms with van der Waals surface area (Å²) in [7, 11) is 0. The van der Waals surface area contributed by atoms with Gasteiger partial charge in [0.25, 0.3) is 5.91 Å². The highest BCUT2D eigenvalue weighted by atomic mass is 35.5. The van der Waals surface area contributed by atoms with E-state index >= 15 is 0 Å². The molecular weight excluding hydrogens is 353 g/mol. The fraction of sp³-hybridized carbons (Fsp3) is 0.176. The van der Waals surface area contributed by atoms with Crippen LogP contribution in [0.15, 0.2) is 36.4 Å². The van der Waals surface area contributed by atoms with Gasteiger partial charge in [0.05, 0.1) is 34.9 Å². The lowest BCUT2D eigenvalue weighted by molar-refractivity contribution is -0.00350. The summed E-state index contributed by atoms with van der Waals surface area (Å²) in [5.41, 5.74) is 0.394. The van der Waals surface area contributed by atoms with Crippen LogP contribution in [-0.4, -0.2) is 36.1 Å². The van der Waals surface area contributed by atoms with Gasteiger partial charge in [-0.1, -0.05) is 35.3 Å². The number of benzene rings is 2. The number of ether oxygens (including phenoxy) is 1. The molecule has 1 saturated heterocycles. The van der Waals surface area contributed by atoms with Crippen molar-refractivity contribution in [1.82, 2.24) is 5.32 Å². The molecule has 2 N–H and O–H groups in total. The molecule has 2 aromatic carbocycles. The summed E-state index contributed by atoms with van der Waals surface area (Å²) in [5, 5.41) is 13.0. The van der Waals surface area contributed by atoms with Gasteiger partial charge in [0.1, 0.15) is 5.75 Å². The standard InChI is InChI=1S/C17H13Cl2NO4/c18-13-4-2-1-3-11(13)15(21)9-5-12(16(22)14(19)6-9)17(23)20-10-7-24-8-10/h1-6,10,22H,7-8H2,(H,20,23). The summed E-state index contributed by atoms with van der Waals surface area (Å²) in [5.74, 6) is -1.27. The van der Waals surface area contributed by atoms with Gasteiger partial charge in [0.15, 0.2) is 5.78 Å². The molecule has 0 atom stereocenters. The SMILES string of the molecule is O=C(c1cc(Cl)c(O)c(C(=O)NC2COC2)c1)c1ccccc1Cl. The second kappa shape index (κ2) is 6.81. The Hall–Kier alpha value is -2.08. The summed E-state index contributed by atoms with van der Waals surface area (Å²) < 4.78 is 4.99. The van der Waals surface area contributed by atoms with E-state index in [9.17, 15) is 14.7 Å².